The number of hydrogen-bond acceptors (Lipinski definition) is 4. The quantitative estimate of drug-likeness (QED) is 0.860. The topological polar surface area (TPSA) is 71.8 Å². The van der Waals surface area contributed by atoms with Crippen LogP contribution in [0.1, 0.15) is 45.1 Å². The fourth-order valence-electron chi connectivity index (χ4n) is 2.36. The van der Waals surface area contributed by atoms with Crippen LogP contribution in [-0.2, 0) is 16.0 Å². The Kier molecular flexibility index (Phi) is 6.08. The van der Waals surface area contributed by atoms with Gasteiger partial charge in [0, 0.05) is 12.7 Å². The molecule has 0 aliphatic rings. The molecule has 2 rings (SSSR count). The van der Waals surface area contributed by atoms with Crippen molar-refractivity contribution in [1.29, 1.82) is 0 Å². The first-order valence-corrected chi connectivity index (χ1v) is 8.54. The van der Waals surface area contributed by atoms with Gasteiger partial charge in [0.15, 0.2) is 0 Å². The summed E-state index contributed by atoms with van der Waals surface area (Å²) in [5.41, 5.74) is 0.933. The van der Waals surface area contributed by atoms with Gasteiger partial charge < -0.3 is 14.1 Å². The van der Waals surface area contributed by atoms with Crippen molar-refractivity contribution in [1.82, 2.24) is 4.90 Å². The smallest absolute Gasteiger partial charge is 0.412 e. The molecule has 1 aromatic heterocycles. The lowest BCUT2D eigenvalue weighted by molar-refractivity contribution is -0.131. The largest absolute Gasteiger partial charge is 0.467 e. The molecule has 0 radical (unpaired) electrons. The predicted octanol–water partition coefficient (Wildman–Crippen LogP) is 4.39. The van der Waals surface area contributed by atoms with Crippen LogP contribution in [0.4, 0.5) is 10.5 Å². The number of nitrogens with one attached hydrogen (secondary N) is 1. The molecule has 26 heavy (non-hydrogen) atoms. The molecule has 6 nitrogen and oxygen atoms in total. The molecule has 1 aromatic carbocycles. The van der Waals surface area contributed by atoms with Gasteiger partial charge in [-0.3, -0.25) is 10.1 Å². The Morgan fingerprint density at radius 2 is 1.85 bits per heavy atom. The second kappa shape index (κ2) is 8.08. The molecule has 6 heteroatoms. The van der Waals surface area contributed by atoms with Gasteiger partial charge in [0.2, 0.25) is 5.91 Å². The van der Waals surface area contributed by atoms with Gasteiger partial charge in [-0.2, -0.15) is 0 Å². The normalized spacial score (nSPS) is 12.3. The number of furan rings is 1. The van der Waals surface area contributed by atoms with E-state index in [1.807, 2.05) is 45.9 Å². The summed E-state index contributed by atoms with van der Waals surface area (Å²) in [4.78, 5) is 25.9. The molecule has 1 N–H and O–H groups in total. The molecule has 0 aliphatic heterocycles. The molecule has 0 fully saturated rings. The molecule has 0 spiro atoms. The van der Waals surface area contributed by atoms with Crippen LogP contribution >= 0.6 is 0 Å². The lowest BCUT2D eigenvalue weighted by Gasteiger charge is -2.23. The predicted molar refractivity (Wildman–Crippen MR) is 99.9 cm³/mol. The van der Waals surface area contributed by atoms with Crippen molar-refractivity contribution in [3.05, 3.63) is 54.0 Å². The summed E-state index contributed by atoms with van der Waals surface area (Å²) < 4.78 is 10.6. The minimum atomic E-state index is -0.550. The summed E-state index contributed by atoms with van der Waals surface area (Å²) in [6.45, 7) is 7.34. The Morgan fingerprint density at radius 1 is 1.19 bits per heavy atom. The summed E-state index contributed by atoms with van der Waals surface area (Å²) >= 11 is 0. The van der Waals surface area contributed by atoms with E-state index < -0.39 is 11.7 Å². The fraction of sp³-hybridized carbons (Fsp3) is 0.400. The van der Waals surface area contributed by atoms with E-state index >= 15 is 0 Å². The van der Waals surface area contributed by atoms with Crippen molar-refractivity contribution in [3.63, 3.8) is 0 Å². The van der Waals surface area contributed by atoms with Crippen LogP contribution in [0.15, 0.2) is 47.1 Å². The molecular formula is C20H26N2O4. The van der Waals surface area contributed by atoms with Gasteiger partial charge in [0.1, 0.15) is 11.4 Å². The van der Waals surface area contributed by atoms with Gasteiger partial charge in [0.25, 0.3) is 0 Å². The Labute approximate surface area is 154 Å². The maximum atomic E-state index is 12.5. The molecule has 2 aromatic rings. The summed E-state index contributed by atoms with van der Waals surface area (Å²) in [7, 11) is 1.76. The third-order valence-electron chi connectivity index (χ3n) is 3.88. The SMILES string of the molecule is CC(c1ccco1)N(C)C(=O)Cc1ccc(NC(=O)OC(C)(C)C)cc1. The Hall–Kier alpha value is -2.76. The fourth-order valence-corrected chi connectivity index (χ4v) is 2.36. The van der Waals surface area contributed by atoms with E-state index in [4.69, 9.17) is 9.15 Å². The third-order valence-corrected chi connectivity index (χ3v) is 3.88. The maximum Gasteiger partial charge on any atom is 0.412 e. The van der Waals surface area contributed by atoms with E-state index in [0.717, 1.165) is 11.3 Å². The molecule has 1 atom stereocenters. The Balaban J connectivity index is 1.92. The Bertz CT molecular complexity index is 730. The maximum absolute atomic E-state index is 12.5. The average molecular weight is 358 g/mol. The zero-order valence-electron chi connectivity index (χ0n) is 15.9. The first-order chi connectivity index (χ1) is 12.2. The van der Waals surface area contributed by atoms with E-state index in [-0.39, 0.29) is 18.4 Å². The lowest BCUT2D eigenvalue weighted by atomic mass is 10.1. The second-order valence-corrected chi connectivity index (χ2v) is 7.20. The van der Waals surface area contributed by atoms with E-state index in [2.05, 4.69) is 5.32 Å². The minimum Gasteiger partial charge on any atom is -0.467 e. The first-order valence-electron chi connectivity index (χ1n) is 8.54. The lowest BCUT2D eigenvalue weighted by Crippen LogP contribution is -2.30. The second-order valence-electron chi connectivity index (χ2n) is 7.20. The highest BCUT2D eigenvalue weighted by molar-refractivity contribution is 5.85. The van der Waals surface area contributed by atoms with Crippen LogP contribution in [0.2, 0.25) is 0 Å². The van der Waals surface area contributed by atoms with Crippen molar-refractivity contribution in [2.45, 2.75) is 45.8 Å². The van der Waals surface area contributed by atoms with Crippen LogP contribution in [0, 0.1) is 0 Å². The number of hydrogen-bond donors (Lipinski definition) is 1. The van der Waals surface area contributed by atoms with Crippen LogP contribution < -0.4 is 5.32 Å². The van der Waals surface area contributed by atoms with Gasteiger partial charge in [-0.1, -0.05) is 12.1 Å². The number of anilines is 1. The number of amides is 2. The zero-order valence-corrected chi connectivity index (χ0v) is 15.9. The van der Waals surface area contributed by atoms with Gasteiger partial charge in [-0.15, -0.1) is 0 Å². The number of carbonyl (C=O) groups is 2. The van der Waals surface area contributed by atoms with E-state index in [1.165, 1.54) is 0 Å². The van der Waals surface area contributed by atoms with Gasteiger partial charge in [-0.05, 0) is 57.5 Å². The minimum absolute atomic E-state index is 0.0123. The number of carbonyl (C=O) groups excluding carboxylic acids is 2. The first kappa shape index (κ1) is 19.6. The van der Waals surface area contributed by atoms with Crippen molar-refractivity contribution in [2.75, 3.05) is 12.4 Å². The van der Waals surface area contributed by atoms with Crippen LogP contribution in [0.5, 0.6) is 0 Å². The van der Waals surface area contributed by atoms with Crippen LogP contribution in [0.25, 0.3) is 0 Å². The summed E-state index contributed by atoms with van der Waals surface area (Å²) in [5, 5.41) is 2.67. The molecule has 140 valence electrons. The van der Waals surface area contributed by atoms with Crippen LogP contribution in [0.3, 0.4) is 0 Å². The Morgan fingerprint density at radius 3 is 2.38 bits per heavy atom. The molecule has 0 saturated heterocycles. The molecule has 1 heterocycles. The van der Waals surface area contributed by atoms with Crippen molar-refractivity contribution in [2.24, 2.45) is 0 Å². The molecule has 0 aliphatic carbocycles. The summed E-state index contributed by atoms with van der Waals surface area (Å²) in [6.07, 6.45) is 1.36. The van der Waals surface area contributed by atoms with E-state index in [0.29, 0.717) is 5.69 Å². The number of likely N-dealkylation sites (N-methyl/N-ethyl adjacent to an activating group) is 1. The van der Waals surface area contributed by atoms with Crippen molar-refractivity contribution < 1.29 is 18.7 Å². The monoisotopic (exact) mass is 358 g/mol. The highest BCUT2D eigenvalue weighted by Crippen LogP contribution is 2.20. The number of benzene rings is 1. The van der Waals surface area contributed by atoms with E-state index in [1.54, 1.807) is 36.4 Å². The highest BCUT2D eigenvalue weighted by atomic mass is 16.6. The highest BCUT2D eigenvalue weighted by Gasteiger charge is 2.20. The molecular weight excluding hydrogens is 332 g/mol. The molecule has 0 saturated carbocycles. The van der Waals surface area contributed by atoms with E-state index in [9.17, 15) is 9.59 Å². The van der Waals surface area contributed by atoms with Gasteiger partial charge in [0.05, 0.1) is 18.7 Å². The third kappa shape index (κ3) is 5.65. The number of nitrogens with zero attached hydrogens (tertiary/aromatic N) is 1. The van der Waals surface area contributed by atoms with Crippen LogP contribution in [-0.4, -0.2) is 29.5 Å². The number of ether oxygens (including phenoxy) is 1. The van der Waals surface area contributed by atoms with Gasteiger partial charge >= 0.3 is 6.09 Å². The molecule has 0 bridgehead atoms. The summed E-state index contributed by atoms with van der Waals surface area (Å²) in [6, 6.07) is 10.7. The van der Waals surface area contributed by atoms with Crippen molar-refractivity contribution in [3.8, 4) is 0 Å². The van der Waals surface area contributed by atoms with Gasteiger partial charge in [-0.25, -0.2) is 4.79 Å². The molecule has 2 amide bonds. The molecule has 1 unspecified atom stereocenters. The van der Waals surface area contributed by atoms with Crippen molar-refractivity contribution >= 4 is 17.7 Å². The summed E-state index contributed by atoms with van der Waals surface area (Å²) in [5.74, 6) is 0.736. The number of rotatable bonds is 5. The zero-order chi connectivity index (χ0) is 19.3. The standard InChI is InChI=1S/C20H26N2O4/c1-14(17-7-6-12-25-17)22(5)18(23)13-15-8-10-16(11-9-15)21-19(24)26-20(2,3)4/h6-12,14H,13H2,1-5H3,(H,21,24). The average Bonchev–Trinajstić information content (AvgIpc) is 3.08.